The number of benzene rings is 2. The molecule has 0 saturated heterocycles. The van der Waals surface area contributed by atoms with Crippen LogP contribution in [0.3, 0.4) is 0 Å². The fourth-order valence-electron chi connectivity index (χ4n) is 2.44. The summed E-state index contributed by atoms with van der Waals surface area (Å²) in [6, 6.07) is 12.4. The van der Waals surface area contributed by atoms with Gasteiger partial charge in [-0.25, -0.2) is 14.4 Å². The molecule has 0 radical (unpaired) electrons. The molecule has 0 atom stereocenters. The number of hydrogen-bond acceptors (Lipinski definition) is 5. The minimum Gasteiger partial charge on any atom is -0.494 e. The lowest BCUT2D eigenvalue weighted by Crippen LogP contribution is -2.15. The molecule has 0 amide bonds. The third kappa shape index (κ3) is 2.80. The summed E-state index contributed by atoms with van der Waals surface area (Å²) in [6.07, 6.45) is 0. The number of aromatic nitrogens is 2. The number of rotatable bonds is 4. The van der Waals surface area contributed by atoms with Gasteiger partial charge in [0, 0.05) is 24.2 Å². The lowest BCUT2D eigenvalue weighted by molar-refractivity contribution is 0.386. The van der Waals surface area contributed by atoms with Gasteiger partial charge in [-0.2, -0.15) is 0 Å². The SMILES string of the molecule is COc1ccc(N(C)c2nc(CN)nc3ccccc23)cc1F. The highest BCUT2D eigenvalue weighted by atomic mass is 19.1. The molecule has 5 nitrogen and oxygen atoms in total. The summed E-state index contributed by atoms with van der Waals surface area (Å²) in [6.45, 7) is 0.239. The van der Waals surface area contributed by atoms with Crippen molar-refractivity contribution in [3.05, 3.63) is 54.1 Å². The molecule has 1 aromatic heterocycles. The zero-order valence-electron chi connectivity index (χ0n) is 13.0. The first-order valence-corrected chi connectivity index (χ1v) is 7.17. The van der Waals surface area contributed by atoms with Crippen LogP contribution in [-0.4, -0.2) is 24.1 Å². The quantitative estimate of drug-likeness (QED) is 0.802. The largest absolute Gasteiger partial charge is 0.494 e. The first-order valence-electron chi connectivity index (χ1n) is 7.17. The molecule has 118 valence electrons. The minimum atomic E-state index is -0.422. The molecule has 3 rings (SSSR count). The third-order valence-electron chi connectivity index (χ3n) is 3.65. The van der Waals surface area contributed by atoms with Crippen molar-refractivity contribution in [3.63, 3.8) is 0 Å². The van der Waals surface area contributed by atoms with Gasteiger partial charge in [-0.15, -0.1) is 0 Å². The molecule has 0 unspecified atom stereocenters. The van der Waals surface area contributed by atoms with Gasteiger partial charge >= 0.3 is 0 Å². The molecule has 23 heavy (non-hydrogen) atoms. The predicted octanol–water partition coefficient (Wildman–Crippen LogP) is 3.00. The summed E-state index contributed by atoms with van der Waals surface area (Å²) < 4.78 is 18.9. The molecule has 0 fully saturated rings. The smallest absolute Gasteiger partial charge is 0.167 e. The number of hydrogen-bond donors (Lipinski definition) is 1. The van der Waals surface area contributed by atoms with Crippen LogP contribution in [0.4, 0.5) is 15.9 Å². The molecule has 6 heteroatoms. The zero-order valence-corrected chi connectivity index (χ0v) is 13.0. The molecule has 0 saturated carbocycles. The van der Waals surface area contributed by atoms with Gasteiger partial charge < -0.3 is 15.4 Å². The van der Waals surface area contributed by atoms with E-state index in [1.54, 1.807) is 12.1 Å². The second-order valence-corrected chi connectivity index (χ2v) is 5.06. The topological polar surface area (TPSA) is 64.3 Å². The van der Waals surface area contributed by atoms with Gasteiger partial charge in [0.05, 0.1) is 19.2 Å². The molecule has 1 heterocycles. The molecular weight excluding hydrogens is 295 g/mol. The van der Waals surface area contributed by atoms with Crippen molar-refractivity contribution < 1.29 is 9.13 Å². The van der Waals surface area contributed by atoms with Crippen molar-refractivity contribution in [2.45, 2.75) is 6.54 Å². The van der Waals surface area contributed by atoms with Crippen LogP contribution in [0.15, 0.2) is 42.5 Å². The zero-order chi connectivity index (χ0) is 16.4. The summed E-state index contributed by atoms with van der Waals surface area (Å²) in [4.78, 5) is 10.7. The first-order chi connectivity index (χ1) is 11.1. The van der Waals surface area contributed by atoms with Crippen LogP contribution in [0.2, 0.25) is 0 Å². The maximum Gasteiger partial charge on any atom is 0.167 e. The van der Waals surface area contributed by atoms with E-state index < -0.39 is 5.82 Å². The number of fused-ring (bicyclic) bond motifs is 1. The van der Waals surface area contributed by atoms with E-state index in [-0.39, 0.29) is 12.3 Å². The van der Waals surface area contributed by atoms with E-state index in [1.807, 2.05) is 36.2 Å². The Bertz CT molecular complexity index is 853. The Kier molecular flexibility index (Phi) is 4.08. The van der Waals surface area contributed by atoms with Crippen LogP contribution in [0.5, 0.6) is 5.75 Å². The van der Waals surface area contributed by atoms with Crippen molar-refractivity contribution in [1.29, 1.82) is 0 Å². The highest BCUT2D eigenvalue weighted by molar-refractivity contribution is 5.91. The van der Waals surface area contributed by atoms with Crippen LogP contribution in [-0.2, 0) is 6.54 Å². The number of halogens is 1. The van der Waals surface area contributed by atoms with E-state index in [0.29, 0.717) is 17.3 Å². The molecule has 0 spiro atoms. The fraction of sp³-hybridized carbons (Fsp3) is 0.176. The van der Waals surface area contributed by atoms with Crippen molar-refractivity contribution in [2.75, 3.05) is 19.1 Å². The van der Waals surface area contributed by atoms with Gasteiger partial charge in [0.1, 0.15) is 11.6 Å². The number of methoxy groups -OCH3 is 1. The molecule has 0 bridgehead atoms. The Morgan fingerprint density at radius 3 is 2.65 bits per heavy atom. The molecule has 0 aliphatic rings. The maximum atomic E-state index is 14.0. The van der Waals surface area contributed by atoms with Gasteiger partial charge in [-0.3, -0.25) is 0 Å². The lowest BCUT2D eigenvalue weighted by Gasteiger charge is -2.21. The van der Waals surface area contributed by atoms with Gasteiger partial charge in [0.2, 0.25) is 0 Å². The monoisotopic (exact) mass is 312 g/mol. The second-order valence-electron chi connectivity index (χ2n) is 5.06. The van der Waals surface area contributed by atoms with E-state index >= 15 is 0 Å². The number of nitrogens with two attached hydrogens (primary N) is 1. The number of anilines is 2. The van der Waals surface area contributed by atoms with Gasteiger partial charge in [0.15, 0.2) is 11.6 Å². The Labute approximate surface area is 133 Å². The maximum absolute atomic E-state index is 14.0. The minimum absolute atomic E-state index is 0.206. The Balaban J connectivity index is 2.13. The van der Waals surface area contributed by atoms with Crippen LogP contribution in [0, 0.1) is 5.82 Å². The summed E-state index contributed by atoms with van der Waals surface area (Å²) in [7, 11) is 3.27. The standard InChI is InChI=1S/C17H17FN4O/c1-22(11-7-8-15(23-2)13(18)9-11)17-12-5-3-4-6-14(12)20-16(10-19)21-17/h3-9H,10,19H2,1-2H3. The summed E-state index contributed by atoms with van der Waals surface area (Å²) >= 11 is 0. The van der Waals surface area contributed by atoms with Crippen LogP contribution in [0.25, 0.3) is 10.9 Å². The van der Waals surface area contributed by atoms with Crippen molar-refractivity contribution in [1.82, 2.24) is 9.97 Å². The molecule has 2 N–H and O–H groups in total. The normalized spacial score (nSPS) is 10.8. The van der Waals surface area contributed by atoms with Crippen molar-refractivity contribution in [2.24, 2.45) is 5.73 Å². The summed E-state index contributed by atoms with van der Waals surface area (Å²) in [5, 5.41) is 0.878. The summed E-state index contributed by atoms with van der Waals surface area (Å²) in [5.74, 6) is 1.01. The second kappa shape index (κ2) is 6.18. The third-order valence-corrected chi connectivity index (χ3v) is 3.65. The Morgan fingerprint density at radius 1 is 1.17 bits per heavy atom. The molecule has 3 aromatic rings. The van der Waals surface area contributed by atoms with Gasteiger partial charge in [-0.1, -0.05) is 12.1 Å². The van der Waals surface area contributed by atoms with E-state index in [2.05, 4.69) is 9.97 Å². The fourth-order valence-corrected chi connectivity index (χ4v) is 2.44. The summed E-state index contributed by atoms with van der Waals surface area (Å²) in [5.41, 5.74) is 7.16. The number of nitrogens with zero attached hydrogens (tertiary/aromatic N) is 3. The average molecular weight is 312 g/mol. The van der Waals surface area contributed by atoms with Crippen molar-refractivity contribution >= 4 is 22.4 Å². The average Bonchev–Trinajstić information content (AvgIpc) is 2.60. The highest BCUT2D eigenvalue weighted by Gasteiger charge is 2.14. The molecular formula is C17H17FN4O. The molecule has 2 aromatic carbocycles. The van der Waals surface area contributed by atoms with Gasteiger partial charge in [0.25, 0.3) is 0 Å². The predicted molar refractivity (Wildman–Crippen MR) is 88.4 cm³/mol. The van der Waals surface area contributed by atoms with Gasteiger partial charge in [-0.05, 0) is 24.3 Å². The Hall–Kier alpha value is -2.73. The number of para-hydroxylation sites is 1. The van der Waals surface area contributed by atoms with Crippen LogP contribution < -0.4 is 15.4 Å². The number of ether oxygens (including phenoxy) is 1. The van der Waals surface area contributed by atoms with Crippen molar-refractivity contribution in [3.8, 4) is 5.75 Å². The Morgan fingerprint density at radius 2 is 1.96 bits per heavy atom. The van der Waals surface area contributed by atoms with E-state index in [4.69, 9.17) is 10.5 Å². The van der Waals surface area contributed by atoms with E-state index in [9.17, 15) is 4.39 Å². The first kappa shape index (κ1) is 15.2. The van der Waals surface area contributed by atoms with E-state index in [1.165, 1.54) is 13.2 Å². The van der Waals surface area contributed by atoms with Crippen LogP contribution in [0.1, 0.15) is 5.82 Å². The molecule has 0 aliphatic heterocycles. The highest BCUT2D eigenvalue weighted by Crippen LogP contribution is 2.31. The van der Waals surface area contributed by atoms with Crippen LogP contribution >= 0.6 is 0 Å². The lowest BCUT2D eigenvalue weighted by atomic mass is 10.2. The molecule has 0 aliphatic carbocycles. The van der Waals surface area contributed by atoms with E-state index in [0.717, 1.165) is 10.9 Å².